The van der Waals surface area contributed by atoms with Gasteiger partial charge in [0.1, 0.15) is 0 Å². The van der Waals surface area contributed by atoms with Crippen molar-refractivity contribution in [3.8, 4) is 5.69 Å². The van der Waals surface area contributed by atoms with E-state index in [4.69, 9.17) is 11.5 Å². The molecule has 0 aliphatic carbocycles. The number of anilines is 1. The molecule has 7 nitrogen and oxygen atoms in total. The van der Waals surface area contributed by atoms with E-state index in [1.807, 2.05) is 0 Å². The van der Waals surface area contributed by atoms with Gasteiger partial charge in [0.25, 0.3) is 5.91 Å². The molecule has 7 heteroatoms. The van der Waals surface area contributed by atoms with Crippen molar-refractivity contribution in [3.63, 3.8) is 0 Å². The van der Waals surface area contributed by atoms with Crippen LogP contribution in [0.5, 0.6) is 0 Å². The summed E-state index contributed by atoms with van der Waals surface area (Å²) in [6, 6.07) is 8.46. The fourth-order valence-corrected chi connectivity index (χ4v) is 1.41. The third-order valence-corrected chi connectivity index (χ3v) is 2.30. The van der Waals surface area contributed by atoms with Crippen LogP contribution in [0.15, 0.2) is 36.5 Å². The van der Waals surface area contributed by atoms with Gasteiger partial charge in [-0.15, -0.1) is 0 Å². The first-order chi connectivity index (χ1) is 9.06. The Bertz CT molecular complexity index is 604. The first-order valence-corrected chi connectivity index (χ1v) is 5.43. The van der Waals surface area contributed by atoms with Crippen LogP contribution in [-0.2, 0) is 9.53 Å². The number of rotatable bonds is 4. The normalized spacial score (nSPS) is 10.1. The molecule has 2 aromatic rings. The summed E-state index contributed by atoms with van der Waals surface area (Å²) in [5.41, 5.74) is 11.9. The van der Waals surface area contributed by atoms with Crippen LogP contribution in [0.2, 0.25) is 0 Å². The van der Waals surface area contributed by atoms with Crippen LogP contribution in [0.1, 0.15) is 10.5 Å². The number of carbonyl (C=O) groups excluding carboxylic acids is 2. The fraction of sp³-hybridized carbons (Fsp3) is 0.0833. The highest BCUT2D eigenvalue weighted by atomic mass is 16.5. The van der Waals surface area contributed by atoms with E-state index in [1.165, 1.54) is 10.7 Å². The molecule has 0 saturated carbocycles. The van der Waals surface area contributed by atoms with Gasteiger partial charge < -0.3 is 16.2 Å². The highest BCUT2D eigenvalue weighted by Gasteiger charge is 2.12. The molecule has 0 bridgehead atoms. The molecule has 19 heavy (non-hydrogen) atoms. The lowest BCUT2D eigenvalue weighted by molar-refractivity contribution is -0.121. The molecule has 0 spiro atoms. The molecule has 0 aliphatic heterocycles. The van der Waals surface area contributed by atoms with Crippen molar-refractivity contribution < 1.29 is 14.3 Å². The molecule has 98 valence electrons. The van der Waals surface area contributed by atoms with Crippen molar-refractivity contribution in [3.05, 3.63) is 42.2 Å². The molecular weight excluding hydrogens is 248 g/mol. The van der Waals surface area contributed by atoms with E-state index >= 15 is 0 Å². The highest BCUT2D eigenvalue weighted by Crippen LogP contribution is 2.11. The average Bonchev–Trinajstić information content (AvgIpc) is 2.86. The van der Waals surface area contributed by atoms with Crippen LogP contribution in [0, 0.1) is 0 Å². The largest absolute Gasteiger partial charge is 0.451 e. The van der Waals surface area contributed by atoms with Crippen molar-refractivity contribution in [1.29, 1.82) is 0 Å². The number of primary amides is 1. The molecule has 0 saturated heterocycles. The monoisotopic (exact) mass is 260 g/mol. The Morgan fingerprint density at radius 3 is 2.53 bits per heavy atom. The number of ether oxygens (including phenoxy) is 1. The van der Waals surface area contributed by atoms with E-state index in [0.717, 1.165) is 5.69 Å². The maximum Gasteiger partial charge on any atom is 0.359 e. The number of carbonyl (C=O) groups is 2. The maximum absolute atomic E-state index is 11.5. The van der Waals surface area contributed by atoms with Crippen molar-refractivity contribution in [2.45, 2.75) is 0 Å². The van der Waals surface area contributed by atoms with Crippen molar-refractivity contribution in [2.75, 3.05) is 12.3 Å². The average molecular weight is 260 g/mol. The van der Waals surface area contributed by atoms with Gasteiger partial charge in [-0.1, -0.05) is 0 Å². The minimum atomic E-state index is -0.716. The number of benzene rings is 1. The first-order valence-electron chi connectivity index (χ1n) is 5.43. The van der Waals surface area contributed by atoms with Gasteiger partial charge in [-0.3, -0.25) is 4.79 Å². The van der Waals surface area contributed by atoms with Gasteiger partial charge in [-0.05, 0) is 30.3 Å². The summed E-state index contributed by atoms with van der Waals surface area (Å²) < 4.78 is 6.15. The summed E-state index contributed by atoms with van der Waals surface area (Å²) in [5, 5.41) is 4.04. The van der Waals surface area contributed by atoms with Gasteiger partial charge in [0.2, 0.25) is 0 Å². The van der Waals surface area contributed by atoms with Crippen LogP contribution >= 0.6 is 0 Å². The minimum absolute atomic E-state index is 0.0954. The molecule has 1 heterocycles. The Hall–Kier alpha value is -2.83. The SMILES string of the molecule is NC(=O)COC(=O)c1ccn(-c2ccc(N)cc2)n1. The lowest BCUT2D eigenvalue weighted by Gasteiger charge is -2.01. The summed E-state index contributed by atoms with van der Waals surface area (Å²) >= 11 is 0. The first kappa shape index (κ1) is 12.6. The van der Waals surface area contributed by atoms with Gasteiger partial charge in [0.15, 0.2) is 12.3 Å². The molecular formula is C12H12N4O3. The van der Waals surface area contributed by atoms with Crippen LogP contribution < -0.4 is 11.5 Å². The Kier molecular flexibility index (Phi) is 3.46. The zero-order valence-corrected chi connectivity index (χ0v) is 9.95. The summed E-state index contributed by atoms with van der Waals surface area (Å²) in [6.07, 6.45) is 1.60. The summed E-state index contributed by atoms with van der Waals surface area (Å²) in [7, 11) is 0. The topological polar surface area (TPSA) is 113 Å². The Morgan fingerprint density at radius 1 is 1.21 bits per heavy atom. The van der Waals surface area contributed by atoms with E-state index in [1.54, 1.807) is 30.5 Å². The van der Waals surface area contributed by atoms with Crippen LogP contribution in [-0.4, -0.2) is 28.3 Å². The highest BCUT2D eigenvalue weighted by molar-refractivity contribution is 5.89. The Morgan fingerprint density at radius 2 is 1.89 bits per heavy atom. The van der Waals surface area contributed by atoms with E-state index < -0.39 is 18.5 Å². The van der Waals surface area contributed by atoms with Gasteiger partial charge >= 0.3 is 5.97 Å². The van der Waals surface area contributed by atoms with E-state index in [0.29, 0.717) is 5.69 Å². The second kappa shape index (κ2) is 5.21. The molecule has 1 aromatic heterocycles. The summed E-state index contributed by atoms with van der Waals surface area (Å²) in [4.78, 5) is 22.0. The summed E-state index contributed by atoms with van der Waals surface area (Å²) in [5.74, 6) is -1.42. The van der Waals surface area contributed by atoms with Crippen molar-refractivity contribution >= 4 is 17.6 Å². The molecule has 1 amide bonds. The molecule has 0 radical (unpaired) electrons. The number of hydrogen-bond acceptors (Lipinski definition) is 5. The van der Waals surface area contributed by atoms with Crippen LogP contribution in [0.25, 0.3) is 5.69 Å². The fourth-order valence-electron chi connectivity index (χ4n) is 1.41. The molecule has 0 atom stereocenters. The van der Waals surface area contributed by atoms with Gasteiger partial charge in [0, 0.05) is 11.9 Å². The van der Waals surface area contributed by atoms with E-state index in [-0.39, 0.29) is 5.69 Å². The number of nitrogens with zero attached hydrogens (tertiary/aromatic N) is 2. The van der Waals surface area contributed by atoms with E-state index in [9.17, 15) is 9.59 Å². The standard InChI is InChI=1S/C12H12N4O3/c13-8-1-3-9(4-2-8)16-6-5-10(15-16)12(18)19-7-11(14)17/h1-6H,7,13H2,(H2,14,17). The smallest absolute Gasteiger partial charge is 0.359 e. The predicted octanol–water partition coefficient (Wildman–Crippen LogP) is 0.0966. The van der Waals surface area contributed by atoms with Gasteiger partial charge in [0.05, 0.1) is 5.69 Å². The minimum Gasteiger partial charge on any atom is -0.451 e. The predicted molar refractivity (Wildman–Crippen MR) is 67.5 cm³/mol. The van der Waals surface area contributed by atoms with E-state index in [2.05, 4.69) is 9.84 Å². The molecule has 0 aliphatic rings. The lowest BCUT2D eigenvalue weighted by atomic mass is 10.3. The number of aromatic nitrogens is 2. The molecule has 0 unspecified atom stereocenters. The number of amides is 1. The quantitative estimate of drug-likeness (QED) is 0.597. The number of nitrogens with two attached hydrogens (primary N) is 2. The number of esters is 1. The van der Waals surface area contributed by atoms with Crippen molar-refractivity contribution in [1.82, 2.24) is 9.78 Å². The zero-order valence-electron chi connectivity index (χ0n) is 9.95. The van der Waals surface area contributed by atoms with Crippen LogP contribution in [0.4, 0.5) is 5.69 Å². The Balaban J connectivity index is 2.12. The molecule has 1 aromatic carbocycles. The number of nitrogen functional groups attached to an aromatic ring is 1. The van der Waals surface area contributed by atoms with Crippen molar-refractivity contribution in [2.24, 2.45) is 5.73 Å². The van der Waals surface area contributed by atoms with Crippen LogP contribution in [0.3, 0.4) is 0 Å². The van der Waals surface area contributed by atoms with Gasteiger partial charge in [-0.25, -0.2) is 9.48 Å². The molecule has 4 N–H and O–H groups in total. The lowest BCUT2D eigenvalue weighted by Crippen LogP contribution is -2.21. The third kappa shape index (κ3) is 3.09. The number of hydrogen-bond donors (Lipinski definition) is 2. The molecule has 2 rings (SSSR count). The second-order valence-corrected chi connectivity index (χ2v) is 3.78. The van der Waals surface area contributed by atoms with Gasteiger partial charge in [-0.2, -0.15) is 5.10 Å². The third-order valence-electron chi connectivity index (χ3n) is 2.30. The zero-order chi connectivity index (χ0) is 13.8. The Labute approximate surface area is 108 Å². The maximum atomic E-state index is 11.5. The second-order valence-electron chi connectivity index (χ2n) is 3.78. The molecule has 0 fully saturated rings. The summed E-state index contributed by atoms with van der Waals surface area (Å²) in [6.45, 7) is -0.465.